The van der Waals surface area contributed by atoms with E-state index in [2.05, 4.69) is 0 Å². The van der Waals surface area contributed by atoms with E-state index in [1.807, 2.05) is 60.7 Å². The molecule has 0 bridgehead atoms. The molecule has 0 saturated heterocycles. The number of nitrogens with two attached hydrogens (primary N) is 2. The fraction of sp³-hybridized carbons (Fsp3) is 0.333. The van der Waals surface area contributed by atoms with Crippen LogP contribution in [0.25, 0.3) is 0 Å². The number of aliphatic hydroxyl groups excluding tert-OH is 2. The normalized spacial score (nSPS) is 12.9. The third-order valence-corrected chi connectivity index (χ3v) is 3.15. The van der Waals surface area contributed by atoms with Crippen LogP contribution in [-0.4, -0.2) is 35.5 Å². The number of hydrogen-bond donors (Lipinski definition) is 4. The molecule has 0 saturated carbocycles. The zero-order valence-electron chi connectivity index (χ0n) is 12.8. The van der Waals surface area contributed by atoms with Crippen LogP contribution in [0.3, 0.4) is 0 Å². The Morgan fingerprint density at radius 1 is 0.636 bits per heavy atom. The SMILES string of the molecule is NC(CO)Cc1ccccc1.N[C@H](CO)Cc1ccccc1. The first-order chi connectivity index (χ1) is 10.7. The number of rotatable bonds is 6. The summed E-state index contributed by atoms with van der Waals surface area (Å²) in [6, 6.07) is 19.6. The molecule has 4 heteroatoms. The summed E-state index contributed by atoms with van der Waals surface area (Å²) in [4.78, 5) is 0. The van der Waals surface area contributed by atoms with E-state index >= 15 is 0 Å². The molecule has 0 spiro atoms. The Morgan fingerprint density at radius 3 is 1.23 bits per heavy atom. The summed E-state index contributed by atoms with van der Waals surface area (Å²) in [5, 5.41) is 17.3. The maximum atomic E-state index is 8.67. The summed E-state index contributed by atoms with van der Waals surface area (Å²) in [6.07, 6.45) is 1.49. The average Bonchev–Trinajstić information content (AvgIpc) is 2.57. The second-order valence-corrected chi connectivity index (χ2v) is 5.26. The topological polar surface area (TPSA) is 92.5 Å². The minimum atomic E-state index is -0.127. The second-order valence-electron chi connectivity index (χ2n) is 5.26. The van der Waals surface area contributed by atoms with Crippen molar-refractivity contribution in [1.82, 2.24) is 0 Å². The highest BCUT2D eigenvalue weighted by atomic mass is 16.3. The van der Waals surface area contributed by atoms with Gasteiger partial charge in [0.2, 0.25) is 0 Å². The van der Waals surface area contributed by atoms with Gasteiger partial charge in [0.1, 0.15) is 0 Å². The van der Waals surface area contributed by atoms with Crippen LogP contribution in [0.5, 0.6) is 0 Å². The van der Waals surface area contributed by atoms with Gasteiger partial charge < -0.3 is 21.7 Å². The lowest BCUT2D eigenvalue weighted by atomic mass is 10.1. The van der Waals surface area contributed by atoms with E-state index in [1.54, 1.807) is 0 Å². The standard InChI is InChI=1S/2C9H13NO/c2*10-9(7-11)6-8-4-2-1-3-5-8/h2*1-5,9,11H,6-7,10H2/t9-;/m0./s1. The molecule has 0 aliphatic heterocycles. The molecule has 120 valence electrons. The van der Waals surface area contributed by atoms with Gasteiger partial charge in [0.25, 0.3) is 0 Å². The van der Waals surface area contributed by atoms with Gasteiger partial charge >= 0.3 is 0 Å². The first kappa shape index (κ1) is 18.3. The summed E-state index contributed by atoms with van der Waals surface area (Å²) >= 11 is 0. The maximum Gasteiger partial charge on any atom is 0.0585 e. The third kappa shape index (κ3) is 7.90. The van der Waals surface area contributed by atoms with E-state index in [9.17, 15) is 0 Å². The highest BCUT2D eigenvalue weighted by molar-refractivity contribution is 5.16. The van der Waals surface area contributed by atoms with Crippen molar-refractivity contribution in [1.29, 1.82) is 0 Å². The van der Waals surface area contributed by atoms with Crippen LogP contribution >= 0.6 is 0 Å². The maximum absolute atomic E-state index is 8.67. The van der Waals surface area contributed by atoms with Crippen molar-refractivity contribution in [2.24, 2.45) is 11.5 Å². The summed E-state index contributed by atoms with van der Waals surface area (Å²) in [5.41, 5.74) is 13.5. The summed E-state index contributed by atoms with van der Waals surface area (Å²) in [5.74, 6) is 0. The molecule has 0 aliphatic rings. The van der Waals surface area contributed by atoms with Crippen molar-refractivity contribution >= 4 is 0 Å². The van der Waals surface area contributed by atoms with E-state index in [0.717, 1.165) is 12.8 Å². The van der Waals surface area contributed by atoms with E-state index < -0.39 is 0 Å². The van der Waals surface area contributed by atoms with Gasteiger partial charge in [0.15, 0.2) is 0 Å². The molecule has 2 aromatic carbocycles. The van der Waals surface area contributed by atoms with E-state index in [1.165, 1.54) is 11.1 Å². The number of hydrogen-bond acceptors (Lipinski definition) is 4. The smallest absolute Gasteiger partial charge is 0.0585 e. The predicted octanol–water partition coefficient (Wildman–Crippen LogP) is 1.10. The molecule has 0 heterocycles. The number of aliphatic hydroxyl groups is 2. The van der Waals surface area contributed by atoms with Crippen LogP contribution in [0.4, 0.5) is 0 Å². The molecule has 6 N–H and O–H groups in total. The first-order valence-corrected chi connectivity index (χ1v) is 7.46. The molecule has 2 rings (SSSR count). The van der Waals surface area contributed by atoms with Gasteiger partial charge in [-0.25, -0.2) is 0 Å². The van der Waals surface area contributed by atoms with Crippen LogP contribution < -0.4 is 11.5 Å². The van der Waals surface area contributed by atoms with E-state index in [0.29, 0.717) is 0 Å². The zero-order chi connectivity index (χ0) is 16.2. The quantitative estimate of drug-likeness (QED) is 0.643. The average molecular weight is 302 g/mol. The van der Waals surface area contributed by atoms with Crippen LogP contribution in [0, 0.1) is 0 Å². The van der Waals surface area contributed by atoms with Crippen molar-refractivity contribution in [3.05, 3.63) is 71.8 Å². The van der Waals surface area contributed by atoms with Gasteiger partial charge in [-0.05, 0) is 24.0 Å². The summed E-state index contributed by atoms with van der Waals surface area (Å²) < 4.78 is 0. The molecular formula is C18H26N2O2. The van der Waals surface area contributed by atoms with Gasteiger partial charge in [-0.2, -0.15) is 0 Å². The van der Waals surface area contributed by atoms with Crippen molar-refractivity contribution in [3.63, 3.8) is 0 Å². The molecular weight excluding hydrogens is 276 g/mol. The van der Waals surface area contributed by atoms with Crippen LogP contribution in [0.1, 0.15) is 11.1 Å². The second kappa shape index (κ2) is 10.9. The minimum Gasteiger partial charge on any atom is -0.395 e. The van der Waals surface area contributed by atoms with Crippen molar-refractivity contribution in [2.45, 2.75) is 24.9 Å². The Bertz CT molecular complexity index is 443. The predicted molar refractivity (Wildman–Crippen MR) is 90.4 cm³/mol. The van der Waals surface area contributed by atoms with Gasteiger partial charge in [-0.3, -0.25) is 0 Å². The summed E-state index contributed by atoms with van der Waals surface area (Å²) in [6.45, 7) is 0.101. The lowest BCUT2D eigenvalue weighted by molar-refractivity contribution is 0.265. The van der Waals surface area contributed by atoms with Crippen LogP contribution in [-0.2, 0) is 12.8 Å². The Morgan fingerprint density at radius 2 is 0.955 bits per heavy atom. The highest BCUT2D eigenvalue weighted by Crippen LogP contribution is 2.01. The van der Waals surface area contributed by atoms with Gasteiger partial charge in [0.05, 0.1) is 13.2 Å². The molecule has 2 aromatic rings. The molecule has 0 aromatic heterocycles. The summed E-state index contributed by atoms with van der Waals surface area (Å²) in [7, 11) is 0. The fourth-order valence-corrected chi connectivity index (χ4v) is 1.96. The molecule has 1 unspecified atom stereocenters. The van der Waals surface area contributed by atoms with E-state index in [-0.39, 0.29) is 25.3 Å². The number of benzene rings is 2. The monoisotopic (exact) mass is 302 g/mol. The first-order valence-electron chi connectivity index (χ1n) is 7.46. The highest BCUT2D eigenvalue weighted by Gasteiger charge is 2.00. The zero-order valence-corrected chi connectivity index (χ0v) is 12.8. The Kier molecular flexibility index (Phi) is 9.11. The van der Waals surface area contributed by atoms with Gasteiger partial charge in [-0.1, -0.05) is 60.7 Å². The Labute approximate surface area is 132 Å². The largest absolute Gasteiger partial charge is 0.395 e. The lowest BCUT2D eigenvalue weighted by Gasteiger charge is -2.06. The molecule has 4 nitrogen and oxygen atoms in total. The Hall–Kier alpha value is -1.72. The van der Waals surface area contributed by atoms with Crippen LogP contribution in [0.2, 0.25) is 0 Å². The molecule has 0 amide bonds. The van der Waals surface area contributed by atoms with Crippen LogP contribution in [0.15, 0.2) is 60.7 Å². The fourth-order valence-electron chi connectivity index (χ4n) is 1.96. The Balaban J connectivity index is 0.000000220. The third-order valence-electron chi connectivity index (χ3n) is 3.15. The molecule has 0 radical (unpaired) electrons. The van der Waals surface area contributed by atoms with Crippen molar-refractivity contribution < 1.29 is 10.2 Å². The lowest BCUT2D eigenvalue weighted by Crippen LogP contribution is -2.26. The minimum absolute atomic E-state index is 0.0505. The van der Waals surface area contributed by atoms with Crippen molar-refractivity contribution in [2.75, 3.05) is 13.2 Å². The molecule has 22 heavy (non-hydrogen) atoms. The van der Waals surface area contributed by atoms with E-state index in [4.69, 9.17) is 21.7 Å². The molecule has 0 aliphatic carbocycles. The van der Waals surface area contributed by atoms with Crippen molar-refractivity contribution in [3.8, 4) is 0 Å². The molecule has 0 fully saturated rings. The van der Waals surface area contributed by atoms with Gasteiger partial charge in [-0.15, -0.1) is 0 Å². The van der Waals surface area contributed by atoms with Gasteiger partial charge in [0, 0.05) is 12.1 Å². The molecule has 2 atom stereocenters.